The van der Waals surface area contributed by atoms with Gasteiger partial charge in [-0.15, -0.1) is 0 Å². The van der Waals surface area contributed by atoms with Gasteiger partial charge >= 0.3 is 0 Å². The lowest BCUT2D eigenvalue weighted by atomic mass is 10.5. The van der Waals surface area contributed by atoms with Gasteiger partial charge in [-0.3, -0.25) is 0 Å². The first-order valence-corrected chi connectivity index (χ1v) is 4.84. The number of rotatable bonds is 0. The Morgan fingerprint density at radius 3 is 2.67 bits per heavy atom. The van der Waals surface area contributed by atoms with E-state index in [9.17, 15) is 0 Å². The Labute approximate surface area is 87.1 Å². The van der Waals surface area contributed by atoms with Gasteiger partial charge in [-0.2, -0.15) is 0 Å². The normalized spacial score (nSPS) is 15.7. The summed E-state index contributed by atoms with van der Waals surface area (Å²) in [5.74, 6) is 0. The Hall–Kier alpha value is -1.53. The zero-order valence-electron chi connectivity index (χ0n) is 8.31. The van der Waals surface area contributed by atoms with Crippen molar-refractivity contribution in [3.63, 3.8) is 0 Å². The van der Waals surface area contributed by atoms with Gasteiger partial charge in [0.05, 0.1) is 25.7 Å². The predicted molar refractivity (Wildman–Crippen MR) is 55.4 cm³/mol. The van der Waals surface area contributed by atoms with E-state index in [1.54, 1.807) is 12.5 Å². The van der Waals surface area contributed by atoms with Crippen molar-refractivity contribution < 1.29 is 4.74 Å². The fraction of sp³-hybridized carbons (Fsp3) is 0.444. The lowest BCUT2D eigenvalue weighted by Crippen LogP contribution is -2.30. The monoisotopic (exact) mass is 207 g/mol. The highest BCUT2D eigenvalue weighted by molar-refractivity contribution is 5.67. The second-order valence-electron chi connectivity index (χ2n) is 3.02. The van der Waals surface area contributed by atoms with Crippen LogP contribution < -0.4 is 5.32 Å². The minimum atomic E-state index is 0.713. The number of ether oxygens (including phenoxy) is 1. The highest BCUT2D eigenvalue weighted by atomic mass is 16.5. The molecule has 0 unspecified atom stereocenters. The number of hydrogen-bond acceptors (Lipinski definition) is 5. The van der Waals surface area contributed by atoms with E-state index >= 15 is 0 Å². The molecule has 0 aromatic carbocycles. The van der Waals surface area contributed by atoms with E-state index in [4.69, 9.17) is 4.74 Å². The van der Waals surface area contributed by atoms with E-state index in [1.165, 1.54) is 6.33 Å². The first-order chi connectivity index (χ1) is 7.47. The summed E-state index contributed by atoms with van der Waals surface area (Å²) in [6.45, 7) is 3.83. The molecule has 6 heteroatoms. The van der Waals surface area contributed by atoms with Crippen LogP contribution in [0.2, 0.25) is 0 Å². The van der Waals surface area contributed by atoms with Gasteiger partial charge in [0, 0.05) is 13.1 Å². The summed E-state index contributed by atoms with van der Waals surface area (Å²) in [7, 11) is 0. The number of imidazole rings is 1. The fourth-order valence-electron chi connectivity index (χ4n) is 1.21. The van der Waals surface area contributed by atoms with Crippen molar-refractivity contribution in [2.75, 3.05) is 26.3 Å². The van der Waals surface area contributed by atoms with E-state index in [-0.39, 0.29) is 0 Å². The molecule has 0 aliphatic carbocycles. The molecule has 3 rings (SSSR count). The number of morpholine rings is 1. The van der Waals surface area contributed by atoms with Gasteiger partial charge in [0.15, 0.2) is 5.65 Å². The zero-order chi connectivity index (χ0) is 10.3. The molecule has 2 N–H and O–H groups in total. The average molecular weight is 207 g/mol. The summed E-state index contributed by atoms with van der Waals surface area (Å²) in [5.41, 5.74) is 1.59. The van der Waals surface area contributed by atoms with Crippen molar-refractivity contribution in [1.82, 2.24) is 25.3 Å². The number of aromatic amines is 1. The van der Waals surface area contributed by atoms with Crippen LogP contribution in [-0.4, -0.2) is 46.2 Å². The van der Waals surface area contributed by atoms with E-state index < -0.39 is 0 Å². The van der Waals surface area contributed by atoms with E-state index in [2.05, 4.69) is 25.3 Å². The molecule has 0 radical (unpaired) electrons. The number of nitrogens with one attached hydrogen (secondary N) is 2. The predicted octanol–water partition coefficient (Wildman–Crippen LogP) is -0.0409. The van der Waals surface area contributed by atoms with Crippen LogP contribution in [0.4, 0.5) is 0 Å². The zero-order valence-corrected chi connectivity index (χ0v) is 8.31. The summed E-state index contributed by atoms with van der Waals surface area (Å²) >= 11 is 0. The second kappa shape index (κ2) is 5.38. The van der Waals surface area contributed by atoms with Crippen LogP contribution in [0.5, 0.6) is 0 Å². The quantitative estimate of drug-likeness (QED) is 0.634. The Morgan fingerprint density at radius 1 is 1.20 bits per heavy atom. The van der Waals surface area contributed by atoms with Crippen LogP contribution in [0.15, 0.2) is 18.9 Å². The molecule has 2 aromatic heterocycles. The maximum Gasteiger partial charge on any atom is 0.180 e. The minimum absolute atomic E-state index is 0.713. The molecule has 3 heterocycles. The molecule has 80 valence electrons. The highest BCUT2D eigenvalue weighted by Crippen LogP contribution is 1.99. The van der Waals surface area contributed by atoms with Crippen molar-refractivity contribution >= 4 is 11.2 Å². The van der Waals surface area contributed by atoms with Gasteiger partial charge in [0.1, 0.15) is 11.8 Å². The number of aromatic nitrogens is 4. The molecular formula is C9H13N5O. The molecular weight excluding hydrogens is 194 g/mol. The molecule has 0 atom stereocenters. The molecule has 0 bridgehead atoms. The number of hydrogen-bond donors (Lipinski definition) is 2. The Balaban J connectivity index is 0.000000124. The van der Waals surface area contributed by atoms with Crippen LogP contribution in [0.3, 0.4) is 0 Å². The molecule has 1 aliphatic rings. The molecule has 1 fully saturated rings. The van der Waals surface area contributed by atoms with Crippen molar-refractivity contribution in [2.45, 2.75) is 0 Å². The number of fused-ring (bicyclic) bond motifs is 1. The van der Waals surface area contributed by atoms with Gasteiger partial charge in [-0.1, -0.05) is 0 Å². The van der Waals surface area contributed by atoms with Crippen molar-refractivity contribution in [3.05, 3.63) is 18.9 Å². The van der Waals surface area contributed by atoms with Gasteiger partial charge in [0.2, 0.25) is 0 Å². The Morgan fingerprint density at radius 2 is 2.07 bits per heavy atom. The van der Waals surface area contributed by atoms with Gasteiger partial charge in [-0.05, 0) is 0 Å². The third-order valence-corrected chi connectivity index (χ3v) is 1.94. The lowest BCUT2D eigenvalue weighted by Gasteiger charge is -2.10. The van der Waals surface area contributed by atoms with Crippen molar-refractivity contribution in [2.24, 2.45) is 0 Å². The van der Waals surface area contributed by atoms with Crippen LogP contribution in [0.25, 0.3) is 11.2 Å². The molecule has 0 saturated carbocycles. The van der Waals surface area contributed by atoms with Crippen LogP contribution in [0, 0.1) is 0 Å². The summed E-state index contributed by atoms with van der Waals surface area (Å²) in [4.78, 5) is 14.5. The minimum Gasteiger partial charge on any atom is -0.379 e. The molecule has 0 amide bonds. The smallest absolute Gasteiger partial charge is 0.180 e. The number of nitrogens with zero attached hydrogens (tertiary/aromatic N) is 3. The SMILES string of the molecule is C1COCCN1.c1ncc2[nH]cnc2n1. The Bertz CT molecular complexity index is 356. The van der Waals surface area contributed by atoms with Crippen LogP contribution >= 0.6 is 0 Å². The Kier molecular flexibility index (Phi) is 3.58. The average Bonchev–Trinajstić information content (AvgIpc) is 2.80. The molecule has 1 aliphatic heterocycles. The molecule has 15 heavy (non-hydrogen) atoms. The highest BCUT2D eigenvalue weighted by Gasteiger charge is 1.93. The lowest BCUT2D eigenvalue weighted by molar-refractivity contribution is 0.109. The largest absolute Gasteiger partial charge is 0.379 e. The molecule has 2 aromatic rings. The third kappa shape index (κ3) is 2.97. The molecule has 1 saturated heterocycles. The summed E-state index contributed by atoms with van der Waals surface area (Å²) in [6.07, 6.45) is 4.76. The van der Waals surface area contributed by atoms with Crippen LogP contribution in [0.1, 0.15) is 0 Å². The van der Waals surface area contributed by atoms with Crippen molar-refractivity contribution in [1.29, 1.82) is 0 Å². The topological polar surface area (TPSA) is 75.7 Å². The van der Waals surface area contributed by atoms with E-state index in [0.29, 0.717) is 5.65 Å². The number of H-pyrrole nitrogens is 1. The second-order valence-corrected chi connectivity index (χ2v) is 3.02. The van der Waals surface area contributed by atoms with Crippen molar-refractivity contribution in [3.8, 4) is 0 Å². The first kappa shape index (κ1) is 10.0. The van der Waals surface area contributed by atoms with E-state index in [1.807, 2.05) is 0 Å². The standard InChI is InChI=1S/C5H4N4.C4H9NO/c1-4-5(8-2-6-1)9-3-7-4;1-3-6-4-2-5-1/h1-3H,(H,6,7,8,9);5H,1-4H2. The third-order valence-electron chi connectivity index (χ3n) is 1.94. The van der Waals surface area contributed by atoms with Crippen LogP contribution in [-0.2, 0) is 4.74 Å². The maximum atomic E-state index is 5.01. The maximum absolute atomic E-state index is 5.01. The first-order valence-electron chi connectivity index (χ1n) is 4.84. The molecule has 0 spiro atoms. The van der Waals surface area contributed by atoms with Gasteiger partial charge in [0.25, 0.3) is 0 Å². The summed E-state index contributed by atoms with van der Waals surface area (Å²) in [6, 6.07) is 0. The van der Waals surface area contributed by atoms with E-state index in [0.717, 1.165) is 31.8 Å². The van der Waals surface area contributed by atoms with Gasteiger partial charge in [-0.25, -0.2) is 15.0 Å². The summed E-state index contributed by atoms with van der Waals surface area (Å²) in [5, 5.41) is 3.16. The fourth-order valence-corrected chi connectivity index (χ4v) is 1.21. The summed E-state index contributed by atoms with van der Waals surface area (Å²) < 4.78 is 5.01. The van der Waals surface area contributed by atoms with Gasteiger partial charge < -0.3 is 15.0 Å². The molecule has 6 nitrogen and oxygen atoms in total.